The highest BCUT2D eigenvalue weighted by atomic mass is 32.3. The Morgan fingerprint density at radius 3 is 2.35 bits per heavy atom. The maximum absolute atomic E-state index is 12.2. The highest BCUT2D eigenvalue weighted by Crippen LogP contribution is 2.51. The molecule has 17 heavy (non-hydrogen) atoms. The van der Waals surface area contributed by atoms with E-state index in [0.717, 1.165) is 6.42 Å². The molecular weight excluding hydrogens is 277 g/mol. The van der Waals surface area contributed by atoms with Gasteiger partial charge in [-0.3, -0.25) is 0 Å². The molecule has 0 amide bonds. The van der Waals surface area contributed by atoms with E-state index < -0.39 is 25.9 Å². The second kappa shape index (κ2) is 5.19. The molecule has 3 nitrogen and oxygen atoms in total. The minimum Gasteiger partial charge on any atom is -0.213 e. The van der Waals surface area contributed by atoms with Gasteiger partial charge in [0.15, 0.2) is 0 Å². The minimum absolute atomic E-state index is 0.346. The van der Waals surface area contributed by atoms with Crippen LogP contribution in [0.4, 0.5) is 13.2 Å². The third-order valence-electron chi connectivity index (χ3n) is 2.37. The SMILES string of the molecule is CS1(OS(=O)(=O)C(F)(F)F)CC/C=C\CCC1. The molecule has 1 aliphatic rings. The van der Waals surface area contributed by atoms with Gasteiger partial charge in [0.05, 0.1) is 0 Å². The van der Waals surface area contributed by atoms with Gasteiger partial charge in [-0.1, -0.05) is 12.2 Å². The summed E-state index contributed by atoms with van der Waals surface area (Å²) in [5, 5.41) is 0. The van der Waals surface area contributed by atoms with Crippen molar-refractivity contribution in [2.75, 3.05) is 17.8 Å². The fourth-order valence-corrected chi connectivity index (χ4v) is 5.68. The summed E-state index contributed by atoms with van der Waals surface area (Å²) < 4.78 is 63.1. The maximum atomic E-state index is 12.2. The van der Waals surface area contributed by atoms with Crippen LogP contribution in [-0.4, -0.2) is 31.7 Å². The summed E-state index contributed by atoms with van der Waals surface area (Å²) in [6.45, 7) is 0. The van der Waals surface area contributed by atoms with Crippen molar-refractivity contribution in [2.24, 2.45) is 0 Å². The lowest BCUT2D eigenvalue weighted by Gasteiger charge is -2.35. The molecule has 0 aromatic rings. The van der Waals surface area contributed by atoms with E-state index in [1.807, 2.05) is 12.2 Å². The fraction of sp³-hybridized carbons (Fsp3) is 0.778. The van der Waals surface area contributed by atoms with Gasteiger partial charge in [0.2, 0.25) is 0 Å². The van der Waals surface area contributed by atoms with Crippen LogP contribution in [0.2, 0.25) is 0 Å². The van der Waals surface area contributed by atoms with Crippen LogP contribution in [0.1, 0.15) is 19.3 Å². The highest BCUT2D eigenvalue weighted by Gasteiger charge is 2.50. The van der Waals surface area contributed by atoms with Crippen LogP contribution in [0.15, 0.2) is 12.2 Å². The van der Waals surface area contributed by atoms with Crippen molar-refractivity contribution in [3.63, 3.8) is 0 Å². The van der Waals surface area contributed by atoms with E-state index in [9.17, 15) is 21.6 Å². The zero-order chi connectivity index (χ0) is 13.2. The van der Waals surface area contributed by atoms with Crippen LogP contribution >= 0.6 is 10.3 Å². The first kappa shape index (κ1) is 14.8. The molecule has 8 heteroatoms. The van der Waals surface area contributed by atoms with E-state index in [1.54, 1.807) is 0 Å². The molecule has 0 aromatic heterocycles. The Hall–Kier alpha value is -0.210. The van der Waals surface area contributed by atoms with Crippen molar-refractivity contribution in [1.29, 1.82) is 0 Å². The van der Waals surface area contributed by atoms with Crippen LogP contribution in [-0.2, 0) is 13.7 Å². The Morgan fingerprint density at radius 2 is 1.76 bits per heavy atom. The number of hydrogen-bond donors (Lipinski definition) is 0. The van der Waals surface area contributed by atoms with Gasteiger partial charge in [-0.05, 0) is 25.5 Å². The molecule has 0 aromatic carbocycles. The molecule has 1 heterocycles. The predicted molar refractivity (Wildman–Crippen MR) is 62.3 cm³/mol. The second-order valence-electron chi connectivity index (χ2n) is 3.96. The Kier molecular flexibility index (Phi) is 4.54. The number of alkyl halides is 3. The van der Waals surface area contributed by atoms with Crippen molar-refractivity contribution >= 4 is 20.4 Å². The molecule has 1 rings (SSSR count). The van der Waals surface area contributed by atoms with Gasteiger partial charge in [-0.15, -0.1) is 10.3 Å². The average molecular weight is 292 g/mol. The first-order valence-corrected chi connectivity index (χ1v) is 8.79. The number of rotatable bonds is 2. The molecule has 0 spiro atoms. The third kappa shape index (κ3) is 4.18. The third-order valence-corrected chi connectivity index (χ3v) is 7.22. The molecule has 102 valence electrons. The molecule has 0 saturated carbocycles. The Bertz CT molecular complexity index is 389. The summed E-state index contributed by atoms with van der Waals surface area (Å²) in [6, 6.07) is 0. The first-order chi connectivity index (χ1) is 7.66. The molecule has 0 bridgehead atoms. The van der Waals surface area contributed by atoms with Gasteiger partial charge < -0.3 is 0 Å². The Labute approximate surface area is 101 Å². The standard InChI is InChI=1S/C9H15F3O3S2/c1-16(7-5-3-2-4-6-8-16)15-17(13,14)9(10,11)12/h2-3H,4-8H2,1H3/b3-2-. The van der Waals surface area contributed by atoms with Crippen molar-refractivity contribution in [3.8, 4) is 0 Å². The van der Waals surface area contributed by atoms with Gasteiger partial charge in [-0.25, -0.2) is 3.63 Å². The zero-order valence-electron chi connectivity index (χ0n) is 9.37. The predicted octanol–water partition coefficient (Wildman–Crippen LogP) is 2.94. The summed E-state index contributed by atoms with van der Waals surface area (Å²) in [6.07, 6.45) is 7.26. The van der Waals surface area contributed by atoms with Gasteiger partial charge in [-0.2, -0.15) is 21.6 Å². The van der Waals surface area contributed by atoms with Gasteiger partial charge in [0, 0.05) is 11.5 Å². The molecule has 1 unspecified atom stereocenters. The lowest BCUT2D eigenvalue weighted by molar-refractivity contribution is -0.0496. The van der Waals surface area contributed by atoms with Crippen molar-refractivity contribution in [3.05, 3.63) is 12.2 Å². The molecular formula is C9H15F3O3S2. The molecule has 0 fully saturated rings. The molecule has 1 aliphatic heterocycles. The summed E-state index contributed by atoms with van der Waals surface area (Å²) >= 11 is 0. The molecule has 0 radical (unpaired) electrons. The fourth-order valence-electron chi connectivity index (χ4n) is 1.48. The molecule has 1 atom stereocenters. The van der Waals surface area contributed by atoms with E-state index >= 15 is 0 Å². The van der Waals surface area contributed by atoms with E-state index in [2.05, 4.69) is 3.63 Å². The summed E-state index contributed by atoms with van der Waals surface area (Å²) in [7, 11) is -7.67. The Balaban J connectivity index is 2.81. The lowest BCUT2D eigenvalue weighted by Crippen LogP contribution is -2.28. The van der Waals surface area contributed by atoms with Gasteiger partial charge in [0.1, 0.15) is 0 Å². The smallest absolute Gasteiger partial charge is 0.213 e. The Morgan fingerprint density at radius 1 is 1.18 bits per heavy atom. The highest BCUT2D eigenvalue weighted by molar-refractivity contribution is 8.32. The van der Waals surface area contributed by atoms with Crippen molar-refractivity contribution < 1.29 is 25.2 Å². The minimum atomic E-state index is -5.47. The van der Waals surface area contributed by atoms with Crippen LogP contribution < -0.4 is 0 Å². The largest absolute Gasteiger partial charge is 0.523 e. The summed E-state index contributed by atoms with van der Waals surface area (Å²) in [4.78, 5) is 0. The molecule has 0 aliphatic carbocycles. The van der Waals surface area contributed by atoms with Crippen molar-refractivity contribution in [2.45, 2.75) is 24.8 Å². The van der Waals surface area contributed by atoms with Crippen LogP contribution in [0, 0.1) is 0 Å². The first-order valence-electron chi connectivity index (χ1n) is 5.07. The van der Waals surface area contributed by atoms with Crippen LogP contribution in [0.25, 0.3) is 0 Å². The van der Waals surface area contributed by atoms with E-state index in [-0.39, 0.29) is 0 Å². The van der Waals surface area contributed by atoms with Gasteiger partial charge >= 0.3 is 15.6 Å². The van der Waals surface area contributed by atoms with Crippen LogP contribution in [0.5, 0.6) is 0 Å². The summed E-state index contributed by atoms with van der Waals surface area (Å²) in [5.74, 6) is 0.728. The zero-order valence-corrected chi connectivity index (χ0v) is 11.0. The van der Waals surface area contributed by atoms with Crippen LogP contribution in [0.3, 0.4) is 0 Å². The van der Waals surface area contributed by atoms with E-state index in [1.165, 1.54) is 6.26 Å². The number of hydrogen-bond acceptors (Lipinski definition) is 3. The maximum Gasteiger partial charge on any atom is 0.523 e. The monoisotopic (exact) mass is 292 g/mol. The summed E-state index contributed by atoms with van der Waals surface area (Å²) in [5.41, 5.74) is -5.33. The number of halogens is 3. The van der Waals surface area contributed by atoms with E-state index in [4.69, 9.17) is 0 Å². The van der Waals surface area contributed by atoms with Gasteiger partial charge in [0.25, 0.3) is 0 Å². The topological polar surface area (TPSA) is 43.4 Å². The quantitative estimate of drug-likeness (QED) is 0.580. The van der Waals surface area contributed by atoms with E-state index in [0.29, 0.717) is 24.3 Å². The molecule has 0 saturated heterocycles. The molecule has 0 N–H and O–H groups in total. The normalized spacial score (nSPS) is 33.2. The lowest BCUT2D eigenvalue weighted by atomic mass is 10.3. The van der Waals surface area contributed by atoms with Crippen molar-refractivity contribution in [1.82, 2.24) is 0 Å². The second-order valence-corrected chi connectivity index (χ2v) is 9.06. The average Bonchev–Trinajstić information content (AvgIpc) is 2.10. The number of allylic oxidation sites excluding steroid dienone is 2.